The standard InChI is InChI=1S/C13H17FN2O3/c1-8(17)10-6-9(14)2-3-11(10)16-4-5-19-7-12(16)13(15)18/h2-3,6,8,12,17H,4-5,7H2,1H3,(H2,15,18). The molecule has 0 radical (unpaired) electrons. The number of hydrogen-bond acceptors (Lipinski definition) is 4. The highest BCUT2D eigenvalue weighted by molar-refractivity contribution is 5.84. The number of halogens is 1. The summed E-state index contributed by atoms with van der Waals surface area (Å²) in [6.45, 7) is 2.68. The van der Waals surface area contributed by atoms with Crippen molar-refractivity contribution in [2.75, 3.05) is 24.7 Å². The first-order valence-electron chi connectivity index (χ1n) is 6.12. The molecule has 0 saturated carbocycles. The van der Waals surface area contributed by atoms with E-state index < -0.39 is 23.9 Å². The number of aliphatic hydroxyl groups is 1. The summed E-state index contributed by atoms with van der Waals surface area (Å²) in [7, 11) is 0. The number of ether oxygens (including phenoxy) is 1. The molecule has 1 aromatic rings. The van der Waals surface area contributed by atoms with Gasteiger partial charge in [0.25, 0.3) is 0 Å². The van der Waals surface area contributed by atoms with Crippen LogP contribution >= 0.6 is 0 Å². The van der Waals surface area contributed by atoms with Crippen LogP contribution in [-0.4, -0.2) is 36.8 Å². The Bertz CT molecular complexity index is 479. The highest BCUT2D eigenvalue weighted by Gasteiger charge is 2.29. The third-order valence-corrected chi connectivity index (χ3v) is 3.21. The van der Waals surface area contributed by atoms with Crippen LogP contribution in [0.3, 0.4) is 0 Å². The first-order chi connectivity index (χ1) is 9.00. The quantitative estimate of drug-likeness (QED) is 0.840. The van der Waals surface area contributed by atoms with Crippen molar-refractivity contribution >= 4 is 11.6 Å². The van der Waals surface area contributed by atoms with Gasteiger partial charge in [0, 0.05) is 17.8 Å². The molecule has 0 aliphatic carbocycles. The Labute approximate surface area is 110 Å². The fraction of sp³-hybridized carbons (Fsp3) is 0.462. The fourth-order valence-corrected chi connectivity index (χ4v) is 2.25. The number of anilines is 1. The second-order valence-electron chi connectivity index (χ2n) is 4.57. The zero-order valence-corrected chi connectivity index (χ0v) is 10.7. The van der Waals surface area contributed by atoms with Gasteiger partial charge in [-0.1, -0.05) is 0 Å². The maximum absolute atomic E-state index is 13.3. The average Bonchev–Trinajstić information content (AvgIpc) is 2.38. The van der Waals surface area contributed by atoms with E-state index in [1.165, 1.54) is 12.1 Å². The van der Waals surface area contributed by atoms with Gasteiger partial charge in [0.05, 0.1) is 19.3 Å². The Morgan fingerprint density at radius 3 is 3.00 bits per heavy atom. The smallest absolute Gasteiger partial charge is 0.242 e. The van der Waals surface area contributed by atoms with Gasteiger partial charge in [-0.15, -0.1) is 0 Å². The van der Waals surface area contributed by atoms with E-state index in [9.17, 15) is 14.3 Å². The zero-order chi connectivity index (χ0) is 14.0. The molecule has 3 N–H and O–H groups in total. The highest BCUT2D eigenvalue weighted by Crippen LogP contribution is 2.29. The number of nitrogens with two attached hydrogens (primary N) is 1. The van der Waals surface area contributed by atoms with Crippen LogP contribution in [0, 0.1) is 5.82 Å². The predicted molar refractivity (Wildman–Crippen MR) is 68.2 cm³/mol. The van der Waals surface area contributed by atoms with E-state index in [4.69, 9.17) is 10.5 Å². The van der Waals surface area contributed by atoms with Crippen molar-refractivity contribution in [1.82, 2.24) is 0 Å². The minimum atomic E-state index is -0.831. The number of amides is 1. The molecule has 1 aliphatic rings. The second-order valence-corrected chi connectivity index (χ2v) is 4.57. The maximum atomic E-state index is 13.3. The Kier molecular flexibility index (Phi) is 4.01. The normalized spacial score (nSPS) is 21.2. The molecule has 1 aromatic carbocycles. The van der Waals surface area contributed by atoms with E-state index in [1.54, 1.807) is 17.9 Å². The van der Waals surface area contributed by atoms with E-state index in [0.29, 0.717) is 24.4 Å². The Morgan fingerprint density at radius 1 is 1.63 bits per heavy atom. The molecule has 1 amide bonds. The summed E-state index contributed by atoms with van der Waals surface area (Å²) >= 11 is 0. The van der Waals surface area contributed by atoms with Crippen LogP contribution < -0.4 is 10.6 Å². The summed E-state index contributed by atoms with van der Waals surface area (Å²) in [5.41, 5.74) is 6.41. The monoisotopic (exact) mass is 268 g/mol. The van der Waals surface area contributed by atoms with E-state index in [-0.39, 0.29) is 6.61 Å². The number of hydrogen-bond donors (Lipinski definition) is 2. The number of carbonyl (C=O) groups excluding carboxylic acids is 1. The number of benzene rings is 1. The van der Waals surface area contributed by atoms with E-state index in [0.717, 1.165) is 0 Å². The molecule has 6 heteroatoms. The number of primary amides is 1. The Morgan fingerprint density at radius 2 is 2.37 bits per heavy atom. The van der Waals surface area contributed by atoms with Crippen molar-refractivity contribution in [1.29, 1.82) is 0 Å². The molecule has 0 aromatic heterocycles. The van der Waals surface area contributed by atoms with Crippen molar-refractivity contribution in [3.8, 4) is 0 Å². The summed E-state index contributed by atoms with van der Waals surface area (Å²) < 4.78 is 18.5. The number of aliphatic hydroxyl groups excluding tert-OH is 1. The van der Waals surface area contributed by atoms with Crippen LogP contribution in [0.5, 0.6) is 0 Å². The van der Waals surface area contributed by atoms with Crippen LogP contribution in [0.15, 0.2) is 18.2 Å². The predicted octanol–water partition coefficient (Wildman–Crippen LogP) is 0.569. The lowest BCUT2D eigenvalue weighted by Gasteiger charge is -2.36. The van der Waals surface area contributed by atoms with Crippen molar-refractivity contribution in [2.24, 2.45) is 5.73 Å². The Hall–Kier alpha value is -1.66. The summed E-state index contributed by atoms with van der Waals surface area (Å²) in [5, 5.41) is 9.74. The number of nitrogens with zero attached hydrogens (tertiary/aromatic N) is 1. The van der Waals surface area contributed by atoms with Gasteiger partial charge in [-0.25, -0.2) is 4.39 Å². The van der Waals surface area contributed by atoms with Crippen molar-refractivity contribution in [3.63, 3.8) is 0 Å². The van der Waals surface area contributed by atoms with Crippen LogP contribution in [0.25, 0.3) is 0 Å². The van der Waals surface area contributed by atoms with Crippen LogP contribution in [-0.2, 0) is 9.53 Å². The van der Waals surface area contributed by atoms with E-state index in [2.05, 4.69) is 0 Å². The van der Waals surface area contributed by atoms with Gasteiger partial charge >= 0.3 is 0 Å². The highest BCUT2D eigenvalue weighted by atomic mass is 19.1. The average molecular weight is 268 g/mol. The van der Waals surface area contributed by atoms with Gasteiger partial charge in [-0.3, -0.25) is 4.79 Å². The molecule has 2 rings (SSSR count). The van der Waals surface area contributed by atoms with Gasteiger partial charge in [-0.2, -0.15) is 0 Å². The van der Waals surface area contributed by atoms with Crippen molar-refractivity contribution in [3.05, 3.63) is 29.6 Å². The number of carbonyl (C=O) groups is 1. The molecule has 0 spiro atoms. The zero-order valence-electron chi connectivity index (χ0n) is 10.7. The second kappa shape index (κ2) is 5.54. The molecule has 0 bridgehead atoms. The summed E-state index contributed by atoms with van der Waals surface area (Å²) in [6, 6.07) is 3.53. The van der Waals surface area contributed by atoms with Gasteiger partial charge in [0.1, 0.15) is 11.9 Å². The molecule has 2 unspecified atom stereocenters. The molecule has 1 aliphatic heterocycles. The molecule has 5 nitrogen and oxygen atoms in total. The molecule has 104 valence electrons. The number of morpholine rings is 1. The van der Waals surface area contributed by atoms with Crippen molar-refractivity contribution in [2.45, 2.75) is 19.1 Å². The molecule has 19 heavy (non-hydrogen) atoms. The lowest BCUT2D eigenvalue weighted by atomic mass is 10.0. The SMILES string of the molecule is CC(O)c1cc(F)ccc1N1CCOCC1C(N)=O. The Balaban J connectivity index is 2.41. The lowest BCUT2D eigenvalue weighted by molar-refractivity contribution is -0.121. The van der Waals surface area contributed by atoms with Gasteiger partial charge in [-0.05, 0) is 25.1 Å². The third kappa shape index (κ3) is 2.85. The lowest BCUT2D eigenvalue weighted by Crippen LogP contribution is -2.53. The van der Waals surface area contributed by atoms with Crippen LogP contribution in [0.1, 0.15) is 18.6 Å². The van der Waals surface area contributed by atoms with Crippen molar-refractivity contribution < 1.29 is 19.0 Å². The van der Waals surface area contributed by atoms with E-state index in [1.807, 2.05) is 0 Å². The topological polar surface area (TPSA) is 75.8 Å². The minimum Gasteiger partial charge on any atom is -0.389 e. The molecular weight excluding hydrogens is 251 g/mol. The number of rotatable bonds is 3. The fourth-order valence-electron chi connectivity index (χ4n) is 2.25. The van der Waals surface area contributed by atoms with E-state index >= 15 is 0 Å². The van der Waals surface area contributed by atoms with Gasteiger partial charge in [0.2, 0.25) is 5.91 Å². The summed E-state index contributed by atoms with van der Waals surface area (Å²) in [6.07, 6.45) is -0.831. The first-order valence-corrected chi connectivity index (χ1v) is 6.12. The largest absolute Gasteiger partial charge is 0.389 e. The third-order valence-electron chi connectivity index (χ3n) is 3.21. The van der Waals surface area contributed by atoms with Crippen LogP contribution in [0.4, 0.5) is 10.1 Å². The van der Waals surface area contributed by atoms with Gasteiger partial charge < -0.3 is 20.5 Å². The molecule has 1 heterocycles. The van der Waals surface area contributed by atoms with Gasteiger partial charge in [0.15, 0.2) is 0 Å². The molecular formula is C13H17FN2O3. The minimum absolute atomic E-state index is 0.200. The van der Waals surface area contributed by atoms with Crippen LogP contribution in [0.2, 0.25) is 0 Å². The summed E-state index contributed by atoms with van der Waals surface area (Å²) in [5.74, 6) is -0.927. The first kappa shape index (κ1) is 13.8. The molecule has 1 saturated heterocycles. The summed E-state index contributed by atoms with van der Waals surface area (Å²) in [4.78, 5) is 13.2. The molecule has 2 atom stereocenters. The maximum Gasteiger partial charge on any atom is 0.242 e. The molecule has 1 fully saturated rings.